The summed E-state index contributed by atoms with van der Waals surface area (Å²) >= 11 is 0.989. The molecule has 0 spiro atoms. The normalized spacial score (nSPS) is 10.0. The number of methoxy groups -OCH3 is 1. The lowest BCUT2D eigenvalue weighted by Crippen LogP contribution is -2.10. The number of ether oxygens (including phenoxy) is 1. The minimum Gasteiger partial charge on any atom is -0.453 e. The first-order valence-electron chi connectivity index (χ1n) is 6.01. The first kappa shape index (κ1) is 15.1. The van der Waals surface area contributed by atoms with Gasteiger partial charge in [-0.3, -0.25) is 10.1 Å². The number of carbonyl (C=O) groups excluding carboxylic acids is 2. The van der Waals surface area contributed by atoms with Crippen molar-refractivity contribution < 1.29 is 18.7 Å². The van der Waals surface area contributed by atoms with Gasteiger partial charge < -0.3 is 4.74 Å². The van der Waals surface area contributed by atoms with E-state index in [4.69, 9.17) is 0 Å². The van der Waals surface area contributed by atoms with Crippen molar-refractivity contribution in [3.8, 4) is 0 Å². The number of thioether (sulfide) groups is 1. The number of rotatable bonds is 3. The van der Waals surface area contributed by atoms with Gasteiger partial charge in [0.05, 0.1) is 7.11 Å². The lowest BCUT2D eigenvalue weighted by Gasteiger charge is -2.05. The van der Waals surface area contributed by atoms with Gasteiger partial charge >= 0.3 is 6.09 Å². The average molecular weight is 305 g/mol. The van der Waals surface area contributed by atoms with Gasteiger partial charge in [0, 0.05) is 16.1 Å². The van der Waals surface area contributed by atoms with Crippen LogP contribution >= 0.6 is 11.8 Å². The minimum absolute atomic E-state index is 0.247. The smallest absolute Gasteiger partial charge is 0.411 e. The van der Waals surface area contributed by atoms with Gasteiger partial charge in [0.25, 0.3) is 0 Å². The van der Waals surface area contributed by atoms with Gasteiger partial charge in [-0.15, -0.1) is 0 Å². The quantitative estimate of drug-likeness (QED) is 0.873. The topological polar surface area (TPSA) is 55.4 Å². The molecule has 2 aromatic carbocycles. The highest BCUT2D eigenvalue weighted by atomic mass is 32.2. The minimum atomic E-state index is -0.564. The van der Waals surface area contributed by atoms with Crippen molar-refractivity contribution in [1.29, 1.82) is 0 Å². The van der Waals surface area contributed by atoms with Crippen LogP contribution < -0.4 is 5.32 Å². The number of amides is 1. The highest BCUT2D eigenvalue weighted by Gasteiger charge is 2.09. The van der Waals surface area contributed by atoms with E-state index >= 15 is 0 Å². The predicted octanol–water partition coefficient (Wildman–Crippen LogP) is 3.94. The van der Waals surface area contributed by atoms with Gasteiger partial charge in [0.15, 0.2) is 0 Å². The van der Waals surface area contributed by atoms with Crippen LogP contribution in [0.4, 0.5) is 14.9 Å². The lowest BCUT2D eigenvalue weighted by atomic mass is 10.2. The summed E-state index contributed by atoms with van der Waals surface area (Å²) in [6.45, 7) is 0. The Morgan fingerprint density at radius 3 is 2.48 bits per heavy atom. The zero-order chi connectivity index (χ0) is 15.2. The lowest BCUT2D eigenvalue weighted by molar-refractivity contribution is 0.108. The molecule has 6 heteroatoms. The van der Waals surface area contributed by atoms with Gasteiger partial charge in [0.2, 0.25) is 5.12 Å². The molecule has 0 aliphatic carbocycles. The molecular formula is C15H12FNO3S. The third-order valence-corrected chi connectivity index (χ3v) is 3.49. The molecule has 1 N–H and O–H groups in total. The Balaban J connectivity index is 2.03. The molecular weight excluding hydrogens is 293 g/mol. The summed E-state index contributed by atoms with van der Waals surface area (Å²) in [6.07, 6.45) is -0.564. The molecule has 21 heavy (non-hydrogen) atoms. The summed E-state index contributed by atoms with van der Waals surface area (Å²) in [6, 6.07) is 12.2. The Labute approximate surface area is 125 Å². The van der Waals surface area contributed by atoms with Crippen LogP contribution in [0.3, 0.4) is 0 Å². The van der Waals surface area contributed by atoms with E-state index in [-0.39, 0.29) is 5.12 Å². The third kappa shape index (κ3) is 4.32. The fourth-order valence-corrected chi connectivity index (χ4v) is 2.29. The number of nitrogens with one attached hydrogen (secondary N) is 1. The zero-order valence-corrected chi connectivity index (χ0v) is 11.9. The molecule has 108 valence electrons. The predicted molar refractivity (Wildman–Crippen MR) is 79.1 cm³/mol. The molecule has 0 heterocycles. The van der Waals surface area contributed by atoms with Crippen LogP contribution in [0.25, 0.3) is 0 Å². The van der Waals surface area contributed by atoms with Crippen molar-refractivity contribution in [2.45, 2.75) is 4.90 Å². The van der Waals surface area contributed by atoms with Crippen molar-refractivity contribution in [1.82, 2.24) is 0 Å². The van der Waals surface area contributed by atoms with Crippen LogP contribution in [0.15, 0.2) is 53.4 Å². The first-order chi connectivity index (χ1) is 10.1. The van der Waals surface area contributed by atoms with E-state index in [0.29, 0.717) is 16.1 Å². The van der Waals surface area contributed by atoms with Crippen molar-refractivity contribution in [2.75, 3.05) is 12.4 Å². The standard InChI is InChI=1S/C15H12FNO3S/c1-20-15(19)17-12-5-7-13(8-6-12)21-14(18)10-3-2-4-11(16)9-10/h2-9H,1H3,(H,17,19). The molecule has 4 nitrogen and oxygen atoms in total. The number of hydrogen-bond acceptors (Lipinski definition) is 4. The molecule has 0 atom stereocenters. The Kier molecular flexibility index (Phi) is 4.94. The molecule has 0 radical (unpaired) electrons. The van der Waals surface area contributed by atoms with E-state index in [1.165, 1.54) is 25.3 Å². The molecule has 1 amide bonds. The highest BCUT2D eigenvalue weighted by Crippen LogP contribution is 2.24. The first-order valence-corrected chi connectivity index (χ1v) is 6.83. The van der Waals surface area contributed by atoms with Crippen LogP contribution in [0.5, 0.6) is 0 Å². The Morgan fingerprint density at radius 1 is 1.14 bits per heavy atom. The van der Waals surface area contributed by atoms with Crippen LogP contribution in [-0.2, 0) is 4.74 Å². The second kappa shape index (κ2) is 6.90. The number of benzene rings is 2. The van der Waals surface area contributed by atoms with Crippen LogP contribution in [-0.4, -0.2) is 18.3 Å². The largest absolute Gasteiger partial charge is 0.453 e. The molecule has 2 rings (SSSR count). The maximum atomic E-state index is 13.1. The second-order valence-electron chi connectivity index (χ2n) is 4.04. The number of anilines is 1. The molecule has 0 saturated carbocycles. The summed E-state index contributed by atoms with van der Waals surface area (Å²) in [4.78, 5) is 23.7. The summed E-state index contributed by atoms with van der Waals surface area (Å²) in [5, 5.41) is 2.26. The van der Waals surface area contributed by atoms with Gasteiger partial charge in [-0.1, -0.05) is 12.1 Å². The SMILES string of the molecule is COC(=O)Nc1ccc(SC(=O)c2cccc(F)c2)cc1. The fourth-order valence-electron chi connectivity index (χ4n) is 1.56. The Bertz CT molecular complexity index is 658. The maximum Gasteiger partial charge on any atom is 0.411 e. The van der Waals surface area contributed by atoms with Crippen molar-refractivity contribution >= 4 is 28.7 Å². The van der Waals surface area contributed by atoms with Crippen LogP contribution in [0, 0.1) is 5.82 Å². The van der Waals surface area contributed by atoms with Gasteiger partial charge in [-0.05, 0) is 48.2 Å². The molecule has 0 unspecified atom stereocenters. The molecule has 0 aromatic heterocycles. The van der Waals surface area contributed by atoms with Gasteiger partial charge in [-0.2, -0.15) is 0 Å². The van der Waals surface area contributed by atoms with Crippen molar-refractivity contribution in [3.63, 3.8) is 0 Å². The van der Waals surface area contributed by atoms with E-state index < -0.39 is 11.9 Å². The molecule has 0 saturated heterocycles. The van der Waals surface area contributed by atoms with Crippen molar-refractivity contribution in [3.05, 3.63) is 59.9 Å². The molecule has 0 aliphatic heterocycles. The third-order valence-electron chi connectivity index (χ3n) is 2.56. The van der Waals surface area contributed by atoms with Crippen LogP contribution in [0.1, 0.15) is 10.4 Å². The monoisotopic (exact) mass is 305 g/mol. The van der Waals surface area contributed by atoms with Crippen molar-refractivity contribution in [2.24, 2.45) is 0 Å². The van der Waals surface area contributed by atoms with Crippen LogP contribution in [0.2, 0.25) is 0 Å². The molecule has 2 aromatic rings. The van der Waals surface area contributed by atoms with Gasteiger partial charge in [0.1, 0.15) is 5.82 Å². The van der Waals surface area contributed by atoms with E-state index in [1.807, 2.05) is 0 Å². The molecule has 0 bridgehead atoms. The van der Waals surface area contributed by atoms with E-state index in [1.54, 1.807) is 30.3 Å². The maximum absolute atomic E-state index is 13.1. The summed E-state index contributed by atoms with van der Waals surface area (Å²) in [5.74, 6) is -0.445. The molecule has 0 aliphatic rings. The number of hydrogen-bond donors (Lipinski definition) is 1. The summed E-state index contributed by atoms with van der Waals surface area (Å²) in [7, 11) is 1.28. The number of halogens is 1. The Morgan fingerprint density at radius 2 is 1.86 bits per heavy atom. The highest BCUT2D eigenvalue weighted by molar-refractivity contribution is 8.14. The summed E-state index contributed by atoms with van der Waals surface area (Å²) in [5.41, 5.74) is 0.862. The fraction of sp³-hybridized carbons (Fsp3) is 0.0667. The van der Waals surface area contributed by atoms with E-state index in [9.17, 15) is 14.0 Å². The molecule has 0 fully saturated rings. The Hall–Kier alpha value is -2.34. The average Bonchev–Trinajstić information content (AvgIpc) is 2.49. The zero-order valence-electron chi connectivity index (χ0n) is 11.1. The van der Waals surface area contributed by atoms with E-state index in [2.05, 4.69) is 10.1 Å². The number of carbonyl (C=O) groups is 2. The summed E-state index contributed by atoms with van der Waals surface area (Å²) < 4.78 is 17.5. The van der Waals surface area contributed by atoms with Gasteiger partial charge in [-0.25, -0.2) is 9.18 Å². The van der Waals surface area contributed by atoms with E-state index in [0.717, 1.165) is 11.8 Å². The second-order valence-corrected chi connectivity index (χ2v) is 5.09.